The van der Waals surface area contributed by atoms with Crippen molar-refractivity contribution in [2.45, 2.75) is 90.9 Å². The quantitative estimate of drug-likeness (QED) is 0.550. The Labute approximate surface area is 118 Å². The molecule has 3 nitrogen and oxygen atoms in total. The second-order valence-corrected chi connectivity index (χ2v) is 5.57. The first-order valence-electron chi connectivity index (χ1n) is 8.27. The molecule has 0 aliphatic carbocycles. The Morgan fingerprint density at radius 2 is 1.32 bits per heavy atom. The van der Waals surface area contributed by atoms with Gasteiger partial charge in [0.05, 0.1) is 11.4 Å². The smallest absolute Gasteiger partial charge is 0.0856 e. The van der Waals surface area contributed by atoms with Gasteiger partial charge in [-0.15, -0.1) is 5.10 Å². The van der Waals surface area contributed by atoms with Crippen LogP contribution in [-0.4, -0.2) is 15.4 Å². The van der Waals surface area contributed by atoms with Gasteiger partial charge in [-0.2, -0.15) is 0 Å². The van der Waals surface area contributed by atoms with E-state index in [0.717, 1.165) is 12.8 Å². The topological polar surface area (TPSA) is 41.6 Å². The molecule has 0 bridgehead atoms. The van der Waals surface area contributed by atoms with Crippen LogP contribution in [0.3, 0.4) is 0 Å². The molecule has 0 fully saturated rings. The lowest BCUT2D eigenvalue weighted by atomic mass is 10.0. The van der Waals surface area contributed by atoms with E-state index in [1.54, 1.807) is 0 Å². The predicted molar refractivity (Wildman–Crippen MR) is 81.3 cm³/mol. The number of rotatable bonds is 12. The van der Waals surface area contributed by atoms with E-state index in [4.69, 9.17) is 0 Å². The summed E-state index contributed by atoms with van der Waals surface area (Å²) < 4.78 is 0. The lowest BCUT2D eigenvalue weighted by Gasteiger charge is -2.02. The number of hydrogen-bond donors (Lipinski definition) is 1. The van der Waals surface area contributed by atoms with E-state index < -0.39 is 0 Å². The number of aromatic amines is 1. The van der Waals surface area contributed by atoms with E-state index in [9.17, 15) is 0 Å². The van der Waals surface area contributed by atoms with Crippen LogP contribution in [0.1, 0.15) is 89.4 Å². The van der Waals surface area contributed by atoms with E-state index in [2.05, 4.69) is 29.3 Å². The summed E-state index contributed by atoms with van der Waals surface area (Å²) in [4.78, 5) is 0. The van der Waals surface area contributed by atoms with Crippen molar-refractivity contribution >= 4 is 0 Å². The summed E-state index contributed by atoms with van der Waals surface area (Å²) in [5.74, 6) is 0. The highest BCUT2D eigenvalue weighted by Gasteiger charge is 2.06. The number of H-pyrrole nitrogens is 1. The maximum Gasteiger partial charge on any atom is 0.0856 e. The zero-order valence-corrected chi connectivity index (χ0v) is 12.9. The van der Waals surface area contributed by atoms with E-state index in [1.165, 1.54) is 75.6 Å². The Hall–Kier alpha value is -0.860. The molecule has 3 heteroatoms. The van der Waals surface area contributed by atoms with E-state index >= 15 is 0 Å². The SMILES string of the molecule is CCCCCCCc1nn[nH]c1CCCCCCC. The Kier molecular flexibility index (Phi) is 9.38. The normalized spacial score (nSPS) is 11.1. The minimum absolute atomic E-state index is 1.10. The van der Waals surface area contributed by atoms with Crippen LogP contribution in [0, 0.1) is 0 Å². The molecule has 0 spiro atoms. The van der Waals surface area contributed by atoms with Gasteiger partial charge in [-0.1, -0.05) is 70.4 Å². The Balaban J connectivity index is 2.15. The maximum absolute atomic E-state index is 4.24. The molecule has 0 aliphatic rings. The first-order chi connectivity index (χ1) is 9.38. The lowest BCUT2D eigenvalue weighted by molar-refractivity contribution is 0.616. The van der Waals surface area contributed by atoms with Crippen molar-refractivity contribution in [3.63, 3.8) is 0 Å². The van der Waals surface area contributed by atoms with Gasteiger partial charge in [0.15, 0.2) is 0 Å². The van der Waals surface area contributed by atoms with Crippen LogP contribution in [0.2, 0.25) is 0 Å². The molecular formula is C16H31N3. The molecule has 0 saturated heterocycles. The molecule has 0 aromatic carbocycles. The van der Waals surface area contributed by atoms with Crippen LogP contribution in [0.4, 0.5) is 0 Å². The zero-order chi connectivity index (χ0) is 13.8. The molecule has 1 heterocycles. The predicted octanol–water partition coefficient (Wildman–Crippen LogP) is 4.83. The molecule has 1 N–H and O–H groups in total. The second-order valence-electron chi connectivity index (χ2n) is 5.57. The first kappa shape index (κ1) is 16.2. The Bertz CT molecular complexity index is 278. The van der Waals surface area contributed by atoms with Gasteiger partial charge in [0.1, 0.15) is 0 Å². The van der Waals surface area contributed by atoms with Crippen molar-refractivity contribution in [2.75, 3.05) is 0 Å². The van der Waals surface area contributed by atoms with Gasteiger partial charge in [-0.05, 0) is 25.7 Å². The fourth-order valence-electron chi connectivity index (χ4n) is 2.47. The molecule has 110 valence electrons. The second kappa shape index (κ2) is 11.0. The third kappa shape index (κ3) is 7.34. The third-order valence-corrected chi connectivity index (χ3v) is 3.75. The van der Waals surface area contributed by atoms with Gasteiger partial charge in [-0.25, -0.2) is 0 Å². The fraction of sp³-hybridized carbons (Fsp3) is 0.875. The zero-order valence-electron chi connectivity index (χ0n) is 12.9. The van der Waals surface area contributed by atoms with Gasteiger partial charge >= 0.3 is 0 Å². The minimum atomic E-state index is 1.10. The van der Waals surface area contributed by atoms with Crippen molar-refractivity contribution in [3.05, 3.63) is 11.4 Å². The number of nitrogens with one attached hydrogen (secondary N) is 1. The molecule has 0 unspecified atom stereocenters. The van der Waals surface area contributed by atoms with Gasteiger partial charge in [0.2, 0.25) is 0 Å². The minimum Gasteiger partial charge on any atom is -0.262 e. The standard InChI is InChI=1S/C16H31N3/c1-3-5-7-9-11-13-15-16(18-19-17-15)14-12-10-8-6-4-2/h3-14H2,1-2H3,(H,17,18,19). The van der Waals surface area contributed by atoms with Crippen molar-refractivity contribution < 1.29 is 0 Å². The van der Waals surface area contributed by atoms with Crippen molar-refractivity contribution in [1.82, 2.24) is 15.4 Å². The van der Waals surface area contributed by atoms with Crippen LogP contribution < -0.4 is 0 Å². The summed E-state index contributed by atoms with van der Waals surface area (Å²) >= 11 is 0. The average Bonchev–Trinajstić information content (AvgIpc) is 2.86. The van der Waals surface area contributed by atoms with Gasteiger partial charge < -0.3 is 0 Å². The van der Waals surface area contributed by atoms with E-state index in [1.807, 2.05) is 0 Å². The summed E-state index contributed by atoms with van der Waals surface area (Å²) in [7, 11) is 0. The molecule has 0 radical (unpaired) electrons. The molecule has 19 heavy (non-hydrogen) atoms. The highest BCUT2D eigenvalue weighted by molar-refractivity contribution is 5.08. The largest absolute Gasteiger partial charge is 0.262 e. The van der Waals surface area contributed by atoms with Crippen LogP contribution >= 0.6 is 0 Å². The number of unbranched alkanes of at least 4 members (excludes halogenated alkanes) is 8. The number of nitrogens with zero attached hydrogens (tertiary/aromatic N) is 2. The number of hydrogen-bond acceptors (Lipinski definition) is 2. The van der Waals surface area contributed by atoms with Crippen LogP contribution in [0.15, 0.2) is 0 Å². The molecule has 1 aromatic rings. The summed E-state index contributed by atoms with van der Waals surface area (Å²) in [5, 5.41) is 11.3. The highest BCUT2D eigenvalue weighted by atomic mass is 15.3. The molecule has 0 atom stereocenters. The lowest BCUT2D eigenvalue weighted by Crippen LogP contribution is -1.95. The first-order valence-corrected chi connectivity index (χ1v) is 8.27. The van der Waals surface area contributed by atoms with Crippen LogP contribution in [0.25, 0.3) is 0 Å². The fourth-order valence-corrected chi connectivity index (χ4v) is 2.47. The Morgan fingerprint density at radius 3 is 1.95 bits per heavy atom. The van der Waals surface area contributed by atoms with Crippen LogP contribution in [0.5, 0.6) is 0 Å². The van der Waals surface area contributed by atoms with Crippen molar-refractivity contribution in [1.29, 1.82) is 0 Å². The summed E-state index contributed by atoms with van der Waals surface area (Å²) in [6.45, 7) is 4.52. The summed E-state index contributed by atoms with van der Waals surface area (Å²) in [6, 6.07) is 0. The number of aryl methyl sites for hydroxylation is 2. The highest BCUT2D eigenvalue weighted by Crippen LogP contribution is 2.13. The summed E-state index contributed by atoms with van der Waals surface area (Å²) in [6.07, 6.45) is 15.5. The summed E-state index contributed by atoms with van der Waals surface area (Å²) in [5.41, 5.74) is 2.50. The molecule has 0 saturated carbocycles. The van der Waals surface area contributed by atoms with Crippen molar-refractivity contribution in [3.8, 4) is 0 Å². The third-order valence-electron chi connectivity index (χ3n) is 3.75. The Morgan fingerprint density at radius 1 is 0.737 bits per heavy atom. The van der Waals surface area contributed by atoms with E-state index in [-0.39, 0.29) is 0 Å². The van der Waals surface area contributed by atoms with Crippen molar-refractivity contribution in [2.24, 2.45) is 0 Å². The molecule has 0 amide bonds. The van der Waals surface area contributed by atoms with Gasteiger partial charge in [0, 0.05) is 0 Å². The molecule has 1 rings (SSSR count). The van der Waals surface area contributed by atoms with Gasteiger partial charge in [0.25, 0.3) is 0 Å². The molecule has 0 aliphatic heterocycles. The molecule has 1 aromatic heterocycles. The molecular weight excluding hydrogens is 234 g/mol. The van der Waals surface area contributed by atoms with Crippen LogP contribution in [-0.2, 0) is 12.8 Å². The number of aromatic nitrogens is 3. The maximum atomic E-state index is 4.24. The van der Waals surface area contributed by atoms with E-state index in [0.29, 0.717) is 0 Å². The van der Waals surface area contributed by atoms with Gasteiger partial charge in [-0.3, -0.25) is 5.10 Å². The average molecular weight is 265 g/mol. The monoisotopic (exact) mass is 265 g/mol.